The molecule has 0 aromatic carbocycles. The second-order valence-electron chi connectivity index (χ2n) is 5.96. The van der Waals surface area contributed by atoms with Crippen LogP contribution in [0, 0.1) is 5.41 Å². The highest BCUT2D eigenvalue weighted by Crippen LogP contribution is 2.34. The van der Waals surface area contributed by atoms with E-state index in [1.54, 1.807) is 0 Å². The summed E-state index contributed by atoms with van der Waals surface area (Å²) in [6.07, 6.45) is 7.67. The predicted molar refractivity (Wildman–Crippen MR) is 61.2 cm³/mol. The second-order valence-corrected chi connectivity index (χ2v) is 5.96. The monoisotopic (exact) mass is 196 g/mol. The Balaban J connectivity index is 2.49. The quantitative estimate of drug-likeness (QED) is 0.683. The van der Waals surface area contributed by atoms with Crippen molar-refractivity contribution in [3.05, 3.63) is 11.6 Å². The van der Waals surface area contributed by atoms with Crippen molar-refractivity contribution in [1.29, 1.82) is 0 Å². The summed E-state index contributed by atoms with van der Waals surface area (Å²) in [5.74, 6) is 0. The van der Waals surface area contributed by atoms with Gasteiger partial charge in [-0.05, 0) is 50.0 Å². The molecule has 0 fully saturated rings. The van der Waals surface area contributed by atoms with E-state index in [1.165, 1.54) is 12.0 Å². The highest BCUT2D eigenvalue weighted by molar-refractivity contribution is 5.18. The summed E-state index contributed by atoms with van der Waals surface area (Å²) in [5.41, 5.74) is 1.04. The Labute approximate surface area is 88.2 Å². The van der Waals surface area contributed by atoms with Crippen molar-refractivity contribution in [3.8, 4) is 0 Å². The van der Waals surface area contributed by atoms with Gasteiger partial charge in [0, 0.05) is 0 Å². The lowest BCUT2D eigenvalue weighted by atomic mass is 9.82. The van der Waals surface area contributed by atoms with Crippen LogP contribution in [0.1, 0.15) is 59.8 Å². The number of allylic oxidation sites excluding steroid dienone is 1. The minimum absolute atomic E-state index is 0.323. The molecule has 0 aliphatic heterocycles. The van der Waals surface area contributed by atoms with E-state index in [2.05, 4.69) is 26.8 Å². The Morgan fingerprint density at radius 1 is 1.21 bits per heavy atom. The van der Waals surface area contributed by atoms with Crippen LogP contribution in [0.3, 0.4) is 0 Å². The highest BCUT2D eigenvalue weighted by atomic mass is 16.3. The third-order valence-corrected chi connectivity index (χ3v) is 3.09. The fourth-order valence-electron chi connectivity index (χ4n) is 1.94. The fourth-order valence-corrected chi connectivity index (χ4v) is 1.94. The van der Waals surface area contributed by atoms with E-state index in [9.17, 15) is 5.11 Å². The van der Waals surface area contributed by atoms with E-state index >= 15 is 0 Å². The topological polar surface area (TPSA) is 20.2 Å². The Bertz CT molecular complexity index is 218. The van der Waals surface area contributed by atoms with Crippen molar-refractivity contribution in [3.63, 3.8) is 0 Å². The van der Waals surface area contributed by atoms with Gasteiger partial charge in [-0.15, -0.1) is 0 Å². The summed E-state index contributed by atoms with van der Waals surface area (Å²) >= 11 is 0. The maximum atomic E-state index is 10.3. The minimum Gasteiger partial charge on any atom is -0.386 e. The number of rotatable bonds is 3. The van der Waals surface area contributed by atoms with Crippen LogP contribution in [-0.4, -0.2) is 10.7 Å². The van der Waals surface area contributed by atoms with E-state index in [4.69, 9.17) is 0 Å². The average molecular weight is 196 g/mol. The Hall–Kier alpha value is -0.300. The number of hydrogen-bond donors (Lipinski definition) is 1. The van der Waals surface area contributed by atoms with Crippen molar-refractivity contribution in [1.82, 2.24) is 0 Å². The zero-order valence-electron chi connectivity index (χ0n) is 10.1. The minimum atomic E-state index is -0.552. The standard InChI is InChI=1S/C13H24O/c1-12(2,3)9-10-13(4,14)11-7-5-6-8-11/h7,14H,5-6,8-10H2,1-4H3. The van der Waals surface area contributed by atoms with Gasteiger partial charge in [-0.3, -0.25) is 0 Å². The summed E-state index contributed by atoms with van der Waals surface area (Å²) in [7, 11) is 0. The first-order valence-electron chi connectivity index (χ1n) is 5.73. The fraction of sp³-hybridized carbons (Fsp3) is 0.846. The molecule has 0 saturated carbocycles. The van der Waals surface area contributed by atoms with Crippen LogP contribution in [-0.2, 0) is 0 Å². The van der Waals surface area contributed by atoms with Gasteiger partial charge >= 0.3 is 0 Å². The summed E-state index contributed by atoms with van der Waals surface area (Å²) in [6.45, 7) is 8.65. The molecule has 0 saturated heterocycles. The van der Waals surface area contributed by atoms with Gasteiger partial charge < -0.3 is 5.11 Å². The summed E-state index contributed by atoms with van der Waals surface area (Å²) in [6, 6.07) is 0. The smallest absolute Gasteiger partial charge is 0.0828 e. The molecule has 0 amide bonds. The normalized spacial score (nSPS) is 21.9. The van der Waals surface area contributed by atoms with Crippen LogP contribution in [0.2, 0.25) is 0 Å². The lowest BCUT2D eigenvalue weighted by Crippen LogP contribution is -2.28. The molecule has 1 aliphatic carbocycles. The van der Waals surface area contributed by atoms with E-state index < -0.39 is 5.60 Å². The molecule has 0 spiro atoms. The first kappa shape index (κ1) is 11.8. The molecule has 1 nitrogen and oxygen atoms in total. The van der Waals surface area contributed by atoms with Crippen LogP contribution in [0.5, 0.6) is 0 Å². The van der Waals surface area contributed by atoms with Gasteiger partial charge in [-0.2, -0.15) is 0 Å². The van der Waals surface area contributed by atoms with Crippen molar-refractivity contribution in [2.24, 2.45) is 5.41 Å². The Morgan fingerprint density at radius 3 is 2.29 bits per heavy atom. The largest absolute Gasteiger partial charge is 0.386 e. The lowest BCUT2D eigenvalue weighted by molar-refractivity contribution is 0.0729. The van der Waals surface area contributed by atoms with Gasteiger partial charge in [-0.1, -0.05) is 26.8 Å². The number of hydrogen-bond acceptors (Lipinski definition) is 1. The van der Waals surface area contributed by atoms with Crippen molar-refractivity contribution < 1.29 is 5.11 Å². The van der Waals surface area contributed by atoms with E-state index in [1.807, 2.05) is 6.92 Å². The molecule has 0 radical (unpaired) electrons. The SMILES string of the molecule is CC(C)(C)CCC(C)(O)C1=CCCC1. The molecule has 1 rings (SSSR count). The van der Waals surface area contributed by atoms with Crippen LogP contribution >= 0.6 is 0 Å². The third kappa shape index (κ3) is 3.45. The van der Waals surface area contributed by atoms with Gasteiger partial charge in [0.2, 0.25) is 0 Å². The molecule has 0 heterocycles. The van der Waals surface area contributed by atoms with Crippen molar-refractivity contribution in [2.75, 3.05) is 0 Å². The Kier molecular flexibility index (Phi) is 3.41. The lowest BCUT2D eigenvalue weighted by Gasteiger charge is -2.29. The van der Waals surface area contributed by atoms with Gasteiger partial charge in [0.05, 0.1) is 5.60 Å². The molecule has 82 valence electrons. The van der Waals surface area contributed by atoms with Gasteiger partial charge in [0.1, 0.15) is 0 Å². The molecule has 0 bridgehead atoms. The van der Waals surface area contributed by atoms with E-state index in [0.717, 1.165) is 25.7 Å². The molecular weight excluding hydrogens is 172 g/mol. The van der Waals surface area contributed by atoms with Crippen molar-refractivity contribution >= 4 is 0 Å². The molecule has 14 heavy (non-hydrogen) atoms. The Morgan fingerprint density at radius 2 is 1.86 bits per heavy atom. The van der Waals surface area contributed by atoms with E-state index in [-0.39, 0.29) is 0 Å². The average Bonchev–Trinajstić information content (AvgIpc) is 2.52. The van der Waals surface area contributed by atoms with Gasteiger partial charge in [-0.25, -0.2) is 0 Å². The van der Waals surface area contributed by atoms with E-state index in [0.29, 0.717) is 5.41 Å². The maximum absolute atomic E-state index is 10.3. The maximum Gasteiger partial charge on any atom is 0.0828 e. The zero-order valence-corrected chi connectivity index (χ0v) is 10.1. The molecular formula is C13H24O. The van der Waals surface area contributed by atoms with Gasteiger partial charge in [0.15, 0.2) is 0 Å². The van der Waals surface area contributed by atoms with Crippen LogP contribution in [0.15, 0.2) is 11.6 Å². The molecule has 1 unspecified atom stereocenters. The van der Waals surface area contributed by atoms with Gasteiger partial charge in [0.25, 0.3) is 0 Å². The second kappa shape index (κ2) is 4.06. The summed E-state index contributed by atoms with van der Waals surface area (Å²) in [5, 5.41) is 10.3. The predicted octanol–water partition coefficient (Wildman–Crippen LogP) is 3.67. The molecule has 1 atom stereocenters. The first-order valence-corrected chi connectivity index (χ1v) is 5.73. The first-order chi connectivity index (χ1) is 6.31. The van der Waals surface area contributed by atoms with Crippen LogP contribution < -0.4 is 0 Å². The zero-order chi connectivity index (χ0) is 10.8. The molecule has 0 aromatic rings. The summed E-state index contributed by atoms with van der Waals surface area (Å²) in [4.78, 5) is 0. The highest BCUT2D eigenvalue weighted by Gasteiger charge is 2.28. The molecule has 1 heteroatoms. The van der Waals surface area contributed by atoms with Crippen LogP contribution in [0.25, 0.3) is 0 Å². The number of aliphatic hydroxyl groups is 1. The van der Waals surface area contributed by atoms with Crippen molar-refractivity contribution in [2.45, 2.75) is 65.4 Å². The molecule has 1 aliphatic rings. The summed E-state index contributed by atoms with van der Waals surface area (Å²) < 4.78 is 0. The molecule has 1 N–H and O–H groups in total. The third-order valence-electron chi connectivity index (χ3n) is 3.09. The van der Waals surface area contributed by atoms with Crippen LogP contribution in [0.4, 0.5) is 0 Å². The molecule has 0 aromatic heterocycles.